The molecule has 8 nitrogen and oxygen atoms in total. The summed E-state index contributed by atoms with van der Waals surface area (Å²) in [6.07, 6.45) is 1.82. The number of aryl methyl sites for hydroxylation is 1. The first-order valence-electron chi connectivity index (χ1n) is 12.2. The highest BCUT2D eigenvalue weighted by Crippen LogP contribution is 2.41. The lowest BCUT2D eigenvalue weighted by Crippen LogP contribution is -2.42. The Morgan fingerprint density at radius 1 is 1.14 bits per heavy atom. The fraction of sp³-hybridized carbons (Fsp3) is 0.370. The number of aromatic carboxylic acids is 1. The SMILES string of the molecule is Cc1cc([C@H]2[C@@H](c3ccccn3)NC(=S)N2CCN2CCOCC2)c(C)n1-c1ccc(C(=O)O)cc1. The maximum Gasteiger partial charge on any atom is 0.335 e. The Balaban J connectivity index is 1.51. The number of pyridine rings is 1. The Morgan fingerprint density at radius 3 is 2.56 bits per heavy atom. The summed E-state index contributed by atoms with van der Waals surface area (Å²) in [6.45, 7) is 9.31. The topological polar surface area (TPSA) is 82.9 Å². The number of benzene rings is 1. The Kier molecular flexibility index (Phi) is 7.04. The van der Waals surface area contributed by atoms with Crippen LogP contribution in [-0.4, -0.2) is 74.9 Å². The molecular weight excluding hydrogens is 474 g/mol. The second-order valence-electron chi connectivity index (χ2n) is 9.29. The van der Waals surface area contributed by atoms with Crippen molar-refractivity contribution in [2.75, 3.05) is 39.4 Å². The van der Waals surface area contributed by atoms with E-state index in [1.807, 2.05) is 36.5 Å². The molecule has 2 aliphatic rings. The van der Waals surface area contributed by atoms with Crippen molar-refractivity contribution in [2.45, 2.75) is 25.9 Å². The molecule has 0 aliphatic carbocycles. The van der Waals surface area contributed by atoms with Gasteiger partial charge in [0, 0.05) is 49.5 Å². The van der Waals surface area contributed by atoms with Gasteiger partial charge in [-0.2, -0.15) is 0 Å². The van der Waals surface area contributed by atoms with Gasteiger partial charge in [0.15, 0.2) is 5.11 Å². The van der Waals surface area contributed by atoms with Gasteiger partial charge in [0.1, 0.15) is 0 Å². The Morgan fingerprint density at radius 2 is 1.89 bits per heavy atom. The summed E-state index contributed by atoms with van der Waals surface area (Å²) in [5.74, 6) is -0.928. The molecule has 0 spiro atoms. The molecule has 188 valence electrons. The largest absolute Gasteiger partial charge is 0.478 e. The lowest BCUT2D eigenvalue weighted by molar-refractivity contribution is 0.0350. The van der Waals surface area contributed by atoms with Gasteiger partial charge in [0.05, 0.1) is 36.6 Å². The van der Waals surface area contributed by atoms with Crippen molar-refractivity contribution < 1.29 is 14.6 Å². The van der Waals surface area contributed by atoms with Crippen LogP contribution in [0.3, 0.4) is 0 Å². The van der Waals surface area contributed by atoms with Gasteiger partial charge in [-0.3, -0.25) is 9.88 Å². The second kappa shape index (κ2) is 10.4. The van der Waals surface area contributed by atoms with Crippen molar-refractivity contribution >= 4 is 23.3 Å². The molecular formula is C27H31N5O3S. The number of carboxylic acid groups (broad SMARTS) is 1. The van der Waals surface area contributed by atoms with E-state index >= 15 is 0 Å². The van der Waals surface area contributed by atoms with Gasteiger partial charge < -0.3 is 24.6 Å². The van der Waals surface area contributed by atoms with Gasteiger partial charge in [-0.05, 0) is 74.1 Å². The van der Waals surface area contributed by atoms with Crippen LogP contribution in [-0.2, 0) is 4.74 Å². The maximum atomic E-state index is 11.3. The van der Waals surface area contributed by atoms with Gasteiger partial charge in [-0.15, -0.1) is 0 Å². The maximum absolute atomic E-state index is 11.3. The van der Waals surface area contributed by atoms with Crippen molar-refractivity contribution in [3.05, 3.63) is 82.9 Å². The van der Waals surface area contributed by atoms with Gasteiger partial charge in [-0.1, -0.05) is 6.07 Å². The molecule has 1 aromatic carbocycles. The molecule has 3 aromatic rings. The normalized spacial score (nSPS) is 20.5. The van der Waals surface area contributed by atoms with Crippen LogP contribution in [0, 0.1) is 13.8 Å². The molecule has 2 N–H and O–H groups in total. The Bertz CT molecular complexity index is 1240. The van der Waals surface area contributed by atoms with Crippen molar-refractivity contribution in [3.8, 4) is 5.69 Å². The molecule has 9 heteroatoms. The lowest BCUT2D eigenvalue weighted by Gasteiger charge is -2.32. The molecule has 2 fully saturated rings. The summed E-state index contributed by atoms with van der Waals surface area (Å²) in [4.78, 5) is 20.7. The van der Waals surface area contributed by atoms with Crippen LogP contribution in [0.4, 0.5) is 0 Å². The highest BCUT2D eigenvalue weighted by atomic mass is 32.1. The zero-order chi connectivity index (χ0) is 25.2. The van der Waals surface area contributed by atoms with Crippen molar-refractivity contribution in [3.63, 3.8) is 0 Å². The van der Waals surface area contributed by atoms with Crippen LogP contribution in [0.15, 0.2) is 54.7 Å². The fourth-order valence-corrected chi connectivity index (χ4v) is 5.63. The minimum atomic E-state index is -0.928. The number of hydrogen-bond acceptors (Lipinski definition) is 5. The standard InChI is InChI=1S/C27H31N5O3S/c1-18-17-22(19(2)32(18)21-8-6-20(7-9-21)26(33)34)25-24(23-5-3-4-10-28-23)29-27(36)31(25)12-11-30-13-15-35-16-14-30/h3-10,17,24-25H,11-16H2,1-2H3,(H,29,36)(H,33,34)/t24-,25+/m1/s1. The summed E-state index contributed by atoms with van der Waals surface area (Å²) in [5.41, 5.74) is 5.52. The minimum Gasteiger partial charge on any atom is -0.478 e. The summed E-state index contributed by atoms with van der Waals surface area (Å²) < 4.78 is 7.69. The highest BCUT2D eigenvalue weighted by molar-refractivity contribution is 7.80. The molecule has 2 aliphatic heterocycles. The van der Waals surface area contributed by atoms with Crippen LogP contribution in [0.5, 0.6) is 0 Å². The van der Waals surface area contributed by atoms with Crippen molar-refractivity contribution in [1.29, 1.82) is 0 Å². The average Bonchev–Trinajstić information content (AvgIpc) is 3.38. The molecule has 0 amide bonds. The number of carboxylic acids is 1. The number of thiocarbonyl (C=S) groups is 1. The number of ether oxygens (including phenoxy) is 1. The Hall–Kier alpha value is -3.27. The van der Waals surface area contributed by atoms with E-state index in [4.69, 9.17) is 17.0 Å². The van der Waals surface area contributed by atoms with Crippen LogP contribution in [0.2, 0.25) is 0 Å². The first kappa shape index (κ1) is 24.4. The van der Waals surface area contributed by atoms with E-state index in [9.17, 15) is 9.90 Å². The molecule has 0 saturated carbocycles. The van der Waals surface area contributed by atoms with E-state index in [1.165, 1.54) is 5.56 Å². The third-order valence-corrected chi connectivity index (χ3v) is 7.47. The van der Waals surface area contributed by atoms with Crippen molar-refractivity contribution in [1.82, 2.24) is 24.7 Å². The lowest BCUT2D eigenvalue weighted by atomic mass is 9.96. The second-order valence-corrected chi connectivity index (χ2v) is 9.67. The predicted octanol–water partition coefficient (Wildman–Crippen LogP) is 3.49. The molecule has 2 saturated heterocycles. The first-order valence-corrected chi connectivity index (χ1v) is 12.7. The van der Waals surface area contributed by atoms with E-state index in [2.05, 4.69) is 44.6 Å². The summed E-state index contributed by atoms with van der Waals surface area (Å²) in [5, 5.41) is 13.6. The van der Waals surface area contributed by atoms with Gasteiger partial charge >= 0.3 is 5.97 Å². The molecule has 0 radical (unpaired) electrons. The van der Waals surface area contributed by atoms with Crippen LogP contribution in [0.1, 0.15) is 45.1 Å². The van der Waals surface area contributed by atoms with Crippen LogP contribution in [0.25, 0.3) is 5.69 Å². The van der Waals surface area contributed by atoms with Crippen LogP contribution >= 0.6 is 12.2 Å². The monoisotopic (exact) mass is 505 g/mol. The predicted molar refractivity (Wildman–Crippen MR) is 142 cm³/mol. The number of carbonyl (C=O) groups is 1. The Labute approximate surface area is 216 Å². The average molecular weight is 506 g/mol. The molecule has 0 unspecified atom stereocenters. The van der Waals surface area contributed by atoms with Crippen molar-refractivity contribution in [2.24, 2.45) is 0 Å². The number of nitrogens with one attached hydrogen (secondary N) is 1. The quantitative estimate of drug-likeness (QED) is 0.473. The smallest absolute Gasteiger partial charge is 0.335 e. The molecule has 36 heavy (non-hydrogen) atoms. The fourth-order valence-electron chi connectivity index (χ4n) is 5.30. The van der Waals surface area contributed by atoms with Gasteiger partial charge in [0.25, 0.3) is 0 Å². The van der Waals surface area contributed by atoms with E-state index in [0.717, 1.165) is 67.3 Å². The number of aromatic nitrogens is 2. The first-order chi connectivity index (χ1) is 17.4. The molecule has 5 rings (SSSR count). The zero-order valence-corrected chi connectivity index (χ0v) is 21.4. The number of morpholine rings is 1. The molecule has 2 atom stereocenters. The zero-order valence-electron chi connectivity index (χ0n) is 20.6. The van der Waals surface area contributed by atoms with E-state index in [-0.39, 0.29) is 17.6 Å². The van der Waals surface area contributed by atoms with E-state index in [0.29, 0.717) is 0 Å². The van der Waals surface area contributed by atoms with Crippen LogP contribution < -0.4 is 5.32 Å². The summed E-state index contributed by atoms with van der Waals surface area (Å²) in [6, 6.07) is 15.1. The summed E-state index contributed by atoms with van der Waals surface area (Å²) >= 11 is 5.86. The van der Waals surface area contributed by atoms with E-state index < -0.39 is 5.97 Å². The number of rotatable bonds is 7. The number of nitrogens with zero attached hydrogens (tertiary/aromatic N) is 4. The highest BCUT2D eigenvalue weighted by Gasteiger charge is 2.41. The molecule has 0 bridgehead atoms. The molecule has 4 heterocycles. The van der Waals surface area contributed by atoms with E-state index in [1.54, 1.807) is 12.1 Å². The third-order valence-electron chi connectivity index (χ3n) is 7.12. The third kappa shape index (κ3) is 4.74. The number of hydrogen-bond donors (Lipinski definition) is 2. The minimum absolute atomic E-state index is 0.0216. The van der Waals surface area contributed by atoms with Gasteiger partial charge in [-0.25, -0.2) is 4.79 Å². The molecule has 2 aromatic heterocycles. The summed E-state index contributed by atoms with van der Waals surface area (Å²) in [7, 11) is 0. The van der Waals surface area contributed by atoms with Gasteiger partial charge in [0.2, 0.25) is 0 Å².